The predicted molar refractivity (Wildman–Crippen MR) is 60.3 cm³/mol. The molecule has 0 aliphatic carbocycles. The van der Waals surface area contributed by atoms with Gasteiger partial charge in [0.2, 0.25) is 0 Å². The molecular weight excluding hydrogens is 205 g/mol. The van der Waals surface area contributed by atoms with Gasteiger partial charge in [0, 0.05) is 25.0 Å². The summed E-state index contributed by atoms with van der Waals surface area (Å²) in [6.45, 7) is 3.11. The van der Waals surface area contributed by atoms with Crippen LogP contribution in [0.3, 0.4) is 0 Å². The van der Waals surface area contributed by atoms with Crippen LogP contribution < -0.4 is 5.32 Å². The van der Waals surface area contributed by atoms with Gasteiger partial charge in [-0.15, -0.1) is 0 Å². The first-order valence-electron chi connectivity index (χ1n) is 5.20. The lowest BCUT2D eigenvalue weighted by atomic mass is 10.1. The van der Waals surface area contributed by atoms with E-state index in [2.05, 4.69) is 15.5 Å². The third-order valence-corrected chi connectivity index (χ3v) is 2.44. The summed E-state index contributed by atoms with van der Waals surface area (Å²) >= 11 is 0. The van der Waals surface area contributed by atoms with Gasteiger partial charge in [0.1, 0.15) is 5.82 Å². The summed E-state index contributed by atoms with van der Waals surface area (Å²) in [5.74, 6) is -0.152. The second-order valence-electron chi connectivity index (χ2n) is 3.77. The number of aryl methyl sites for hydroxylation is 1. The SMILES string of the molecule is Cc1ccc(CNCc2ccn[nH]2)cc1F. The molecule has 4 heteroatoms. The minimum absolute atomic E-state index is 0.152. The molecule has 0 unspecified atom stereocenters. The minimum Gasteiger partial charge on any atom is -0.307 e. The number of halogens is 1. The van der Waals surface area contributed by atoms with Crippen LogP contribution in [0.15, 0.2) is 30.5 Å². The maximum absolute atomic E-state index is 13.2. The number of rotatable bonds is 4. The summed E-state index contributed by atoms with van der Waals surface area (Å²) in [5.41, 5.74) is 2.65. The van der Waals surface area contributed by atoms with Gasteiger partial charge in [0.15, 0.2) is 0 Å². The van der Waals surface area contributed by atoms with Crippen LogP contribution in [-0.2, 0) is 13.1 Å². The molecule has 2 aromatic rings. The Bertz CT molecular complexity index is 451. The monoisotopic (exact) mass is 219 g/mol. The molecule has 0 saturated heterocycles. The largest absolute Gasteiger partial charge is 0.307 e. The zero-order chi connectivity index (χ0) is 11.4. The number of hydrogen-bond acceptors (Lipinski definition) is 2. The molecule has 2 rings (SSSR count). The molecule has 0 amide bonds. The summed E-state index contributed by atoms with van der Waals surface area (Å²) in [6, 6.07) is 7.19. The van der Waals surface area contributed by atoms with Crippen LogP contribution in [0.2, 0.25) is 0 Å². The van der Waals surface area contributed by atoms with Gasteiger partial charge in [-0.25, -0.2) is 4.39 Å². The van der Waals surface area contributed by atoms with E-state index >= 15 is 0 Å². The average Bonchev–Trinajstić information content (AvgIpc) is 2.76. The Morgan fingerprint density at radius 3 is 2.88 bits per heavy atom. The van der Waals surface area contributed by atoms with Gasteiger partial charge in [-0.1, -0.05) is 12.1 Å². The molecule has 0 aliphatic heterocycles. The van der Waals surface area contributed by atoms with Crippen LogP contribution in [0.25, 0.3) is 0 Å². The van der Waals surface area contributed by atoms with E-state index in [1.807, 2.05) is 12.1 Å². The minimum atomic E-state index is -0.152. The first-order chi connectivity index (χ1) is 7.75. The summed E-state index contributed by atoms with van der Waals surface area (Å²) in [5, 5.41) is 9.92. The Morgan fingerprint density at radius 2 is 2.19 bits per heavy atom. The highest BCUT2D eigenvalue weighted by molar-refractivity contribution is 5.23. The summed E-state index contributed by atoms with van der Waals surface area (Å²) in [4.78, 5) is 0. The van der Waals surface area contributed by atoms with Crippen molar-refractivity contribution in [1.29, 1.82) is 0 Å². The molecule has 0 aliphatic rings. The van der Waals surface area contributed by atoms with Crippen molar-refractivity contribution in [2.24, 2.45) is 0 Å². The Hall–Kier alpha value is -1.68. The predicted octanol–water partition coefficient (Wildman–Crippen LogP) is 2.15. The number of nitrogens with one attached hydrogen (secondary N) is 2. The Balaban J connectivity index is 1.87. The van der Waals surface area contributed by atoms with Crippen molar-refractivity contribution in [3.63, 3.8) is 0 Å². The Kier molecular flexibility index (Phi) is 3.31. The van der Waals surface area contributed by atoms with Crippen molar-refractivity contribution in [3.8, 4) is 0 Å². The van der Waals surface area contributed by atoms with E-state index in [-0.39, 0.29) is 5.82 Å². The third kappa shape index (κ3) is 2.67. The zero-order valence-corrected chi connectivity index (χ0v) is 9.13. The lowest BCUT2D eigenvalue weighted by molar-refractivity contribution is 0.610. The van der Waals surface area contributed by atoms with Crippen molar-refractivity contribution in [2.75, 3.05) is 0 Å². The second-order valence-corrected chi connectivity index (χ2v) is 3.77. The van der Waals surface area contributed by atoms with Crippen molar-refractivity contribution in [3.05, 3.63) is 53.1 Å². The van der Waals surface area contributed by atoms with Crippen LogP contribution in [0.4, 0.5) is 4.39 Å². The van der Waals surface area contributed by atoms with Crippen molar-refractivity contribution in [2.45, 2.75) is 20.0 Å². The van der Waals surface area contributed by atoms with E-state index in [1.165, 1.54) is 0 Å². The fourth-order valence-corrected chi connectivity index (χ4v) is 1.47. The Morgan fingerprint density at radius 1 is 1.31 bits per heavy atom. The highest BCUT2D eigenvalue weighted by Gasteiger charge is 1.99. The van der Waals surface area contributed by atoms with Gasteiger partial charge < -0.3 is 5.32 Å². The number of H-pyrrole nitrogens is 1. The summed E-state index contributed by atoms with van der Waals surface area (Å²) in [7, 11) is 0. The molecule has 16 heavy (non-hydrogen) atoms. The fourth-order valence-electron chi connectivity index (χ4n) is 1.47. The second kappa shape index (κ2) is 4.90. The van der Waals surface area contributed by atoms with Gasteiger partial charge in [-0.2, -0.15) is 5.10 Å². The van der Waals surface area contributed by atoms with Crippen LogP contribution >= 0.6 is 0 Å². The number of aromatic nitrogens is 2. The van der Waals surface area contributed by atoms with Crippen molar-refractivity contribution < 1.29 is 4.39 Å². The lowest BCUT2D eigenvalue weighted by Gasteiger charge is -2.04. The number of hydrogen-bond donors (Lipinski definition) is 2. The van der Waals surface area contributed by atoms with Crippen LogP contribution in [-0.4, -0.2) is 10.2 Å². The van der Waals surface area contributed by atoms with E-state index in [9.17, 15) is 4.39 Å². The molecule has 84 valence electrons. The molecule has 1 aromatic heterocycles. The standard InChI is InChI=1S/C12H14FN3/c1-9-2-3-10(6-12(9)13)7-14-8-11-4-5-15-16-11/h2-6,14H,7-8H2,1H3,(H,15,16). The topological polar surface area (TPSA) is 40.7 Å². The Labute approximate surface area is 93.7 Å². The van der Waals surface area contributed by atoms with Gasteiger partial charge in [-0.05, 0) is 30.2 Å². The smallest absolute Gasteiger partial charge is 0.126 e. The van der Waals surface area contributed by atoms with E-state index in [0.717, 1.165) is 11.3 Å². The van der Waals surface area contributed by atoms with Crippen LogP contribution in [0.5, 0.6) is 0 Å². The molecule has 1 aromatic carbocycles. The fraction of sp³-hybridized carbons (Fsp3) is 0.250. The first kappa shape index (κ1) is 10.8. The maximum Gasteiger partial charge on any atom is 0.126 e. The van der Waals surface area contributed by atoms with E-state index < -0.39 is 0 Å². The first-order valence-corrected chi connectivity index (χ1v) is 5.20. The molecule has 0 atom stereocenters. The van der Waals surface area contributed by atoms with E-state index in [4.69, 9.17) is 0 Å². The number of benzene rings is 1. The molecular formula is C12H14FN3. The maximum atomic E-state index is 13.2. The van der Waals surface area contributed by atoms with E-state index in [0.29, 0.717) is 18.7 Å². The zero-order valence-electron chi connectivity index (χ0n) is 9.13. The number of aromatic amines is 1. The van der Waals surface area contributed by atoms with Crippen LogP contribution in [0.1, 0.15) is 16.8 Å². The third-order valence-electron chi connectivity index (χ3n) is 2.44. The number of nitrogens with zero attached hydrogens (tertiary/aromatic N) is 1. The average molecular weight is 219 g/mol. The van der Waals surface area contributed by atoms with Gasteiger partial charge >= 0.3 is 0 Å². The molecule has 2 N–H and O–H groups in total. The van der Waals surface area contributed by atoms with Gasteiger partial charge in [-0.3, -0.25) is 5.10 Å². The highest BCUT2D eigenvalue weighted by atomic mass is 19.1. The molecule has 0 radical (unpaired) electrons. The van der Waals surface area contributed by atoms with E-state index in [1.54, 1.807) is 25.3 Å². The molecule has 0 bridgehead atoms. The molecule has 0 saturated carbocycles. The molecule has 0 fully saturated rings. The lowest BCUT2D eigenvalue weighted by Crippen LogP contribution is -2.13. The van der Waals surface area contributed by atoms with Crippen LogP contribution in [0, 0.1) is 12.7 Å². The molecule has 3 nitrogen and oxygen atoms in total. The summed E-state index contributed by atoms with van der Waals surface area (Å²) < 4.78 is 13.2. The van der Waals surface area contributed by atoms with Crippen molar-refractivity contribution in [1.82, 2.24) is 15.5 Å². The normalized spacial score (nSPS) is 10.6. The highest BCUT2D eigenvalue weighted by Crippen LogP contribution is 2.08. The molecule has 0 spiro atoms. The summed E-state index contributed by atoms with van der Waals surface area (Å²) in [6.07, 6.45) is 1.71. The van der Waals surface area contributed by atoms with Gasteiger partial charge in [0.05, 0.1) is 0 Å². The van der Waals surface area contributed by atoms with Crippen molar-refractivity contribution >= 4 is 0 Å². The molecule has 1 heterocycles. The van der Waals surface area contributed by atoms with Gasteiger partial charge in [0.25, 0.3) is 0 Å². The quantitative estimate of drug-likeness (QED) is 0.827.